The minimum Gasteiger partial charge on any atom is -0.493 e. The highest BCUT2D eigenvalue weighted by Crippen LogP contribution is 2.18. The van der Waals surface area contributed by atoms with Crippen molar-refractivity contribution in [3.63, 3.8) is 0 Å². The van der Waals surface area contributed by atoms with E-state index in [-0.39, 0.29) is 11.7 Å². The Bertz CT molecular complexity index is 592. The van der Waals surface area contributed by atoms with Crippen LogP contribution in [0.3, 0.4) is 0 Å². The maximum atomic E-state index is 11.2. The lowest BCUT2D eigenvalue weighted by Crippen LogP contribution is -2.10. The molecule has 6 heteroatoms. The molecule has 0 aromatic carbocycles. The maximum Gasteiger partial charge on any atom is 0.255 e. The van der Waals surface area contributed by atoms with Crippen molar-refractivity contribution < 1.29 is 5.11 Å². The second-order valence-electron chi connectivity index (χ2n) is 3.75. The van der Waals surface area contributed by atoms with Crippen molar-refractivity contribution in [2.75, 3.05) is 19.0 Å². The molecule has 6 nitrogen and oxygen atoms in total. The molecule has 0 aliphatic heterocycles. The molecule has 0 aliphatic carbocycles. The second kappa shape index (κ2) is 4.25. The van der Waals surface area contributed by atoms with E-state index in [0.29, 0.717) is 5.69 Å². The molecule has 0 saturated carbocycles. The van der Waals surface area contributed by atoms with E-state index in [9.17, 15) is 9.90 Å². The van der Waals surface area contributed by atoms with Gasteiger partial charge in [-0.15, -0.1) is 0 Å². The Labute approximate surface area is 97.6 Å². The normalized spacial score (nSPS) is 10.2. The molecular formula is C11H12N4O2. The lowest BCUT2D eigenvalue weighted by molar-refractivity contribution is 0.452. The van der Waals surface area contributed by atoms with E-state index in [1.807, 2.05) is 25.1 Å². The van der Waals surface area contributed by atoms with Gasteiger partial charge in [-0.05, 0) is 12.1 Å². The molecule has 2 rings (SSSR count). The first kappa shape index (κ1) is 11.1. The fraction of sp³-hybridized carbons (Fsp3) is 0.182. The van der Waals surface area contributed by atoms with Crippen molar-refractivity contribution in [1.29, 1.82) is 0 Å². The first-order valence-electron chi connectivity index (χ1n) is 5.00. The Kier molecular flexibility index (Phi) is 2.78. The van der Waals surface area contributed by atoms with Crippen molar-refractivity contribution in [3.8, 4) is 17.4 Å². The molecule has 0 aliphatic rings. The van der Waals surface area contributed by atoms with Crippen LogP contribution in [0.4, 0.5) is 5.69 Å². The number of hydrogen-bond donors (Lipinski definition) is 2. The van der Waals surface area contributed by atoms with E-state index in [0.717, 1.165) is 11.8 Å². The smallest absolute Gasteiger partial charge is 0.255 e. The zero-order chi connectivity index (χ0) is 12.4. The summed E-state index contributed by atoms with van der Waals surface area (Å²) in [6.07, 6.45) is 1.62. The molecular weight excluding hydrogens is 220 g/mol. The maximum absolute atomic E-state index is 11.2. The number of nitrogens with one attached hydrogen (secondary N) is 1. The van der Waals surface area contributed by atoms with Crippen LogP contribution in [0.2, 0.25) is 0 Å². The number of rotatable bonds is 2. The number of aromatic amines is 1. The number of hydrogen-bond acceptors (Lipinski definition) is 5. The molecule has 88 valence electrons. The molecule has 0 amide bonds. The molecule has 0 radical (unpaired) electrons. The Morgan fingerprint density at radius 1 is 1.35 bits per heavy atom. The first-order chi connectivity index (χ1) is 8.06. The number of H-pyrrole nitrogens is 1. The molecule has 2 N–H and O–H groups in total. The van der Waals surface area contributed by atoms with Crippen molar-refractivity contribution in [3.05, 3.63) is 34.7 Å². The number of anilines is 1. The highest BCUT2D eigenvalue weighted by atomic mass is 16.3. The van der Waals surface area contributed by atoms with Gasteiger partial charge in [0.15, 0.2) is 5.82 Å². The van der Waals surface area contributed by atoms with Gasteiger partial charge in [-0.2, -0.15) is 4.98 Å². The van der Waals surface area contributed by atoms with Gasteiger partial charge in [0.2, 0.25) is 5.88 Å². The third kappa shape index (κ3) is 2.41. The zero-order valence-corrected chi connectivity index (χ0v) is 9.51. The van der Waals surface area contributed by atoms with Gasteiger partial charge in [0, 0.05) is 26.0 Å². The summed E-state index contributed by atoms with van der Waals surface area (Å²) >= 11 is 0. The molecule has 0 spiro atoms. The quantitative estimate of drug-likeness (QED) is 0.792. The van der Waals surface area contributed by atoms with Gasteiger partial charge < -0.3 is 15.0 Å². The standard InChI is InChI=1S/C11H12N4O2/c1-15(2)7-3-4-12-8(5-7)11-13-9(16)6-10(17)14-11/h3-6H,1-2H3,(H2,13,14,16,17). The summed E-state index contributed by atoms with van der Waals surface area (Å²) in [7, 11) is 3.80. The van der Waals surface area contributed by atoms with Crippen LogP contribution in [-0.4, -0.2) is 34.2 Å². The van der Waals surface area contributed by atoms with Gasteiger partial charge in [0.1, 0.15) is 5.69 Å². The van der Waals surface area contributed by atoms with E-state index >= 15 is 0 Å². The van der Waals surface area contributed by atoms with Crippen LogP contribution in [0.5, 0.6) is 5.88 Å². The second-order valence-corrected chi connectivity index (χ2v) is 3.75. The van der Waals surface area contributed by atoms with E-state index in [4.69, 9.17) is 0 Å². The van der Waals surface area contributed by atoms with Crippen LogP contribution in [0.15, 0.2) is 29.2 Å². The molecule has 2 heterocycles. The SMILES string of the molecule is CN(C)c1ccnc(-c2nc(O)cc(=O)[nH]2)c1. The van der Waals surface area contributed by atoms with Gasteiger partial charge in [-0.3, -0.25) is 9.78 Å². The average molecular weight is 232 g/mol. The minimum atomic E-state index is -0.412. The van der Waals surface area contributed by atoms with Crippen LogP contribution < -0.4 is 10.5 Å². The van der Waals surface area contributed by atoms with Gasteiger partial charge in [0.25, 0.3) is 5.56 Å². The summed E-state index contributed by atoms with van der Waals surface area (Å²) in [5.74, 6) is -0.0699. The fourth-order valence-electron chi connectivity index (χ4n) is 1.39. The lowest BCUT2D eigenvalue weighted by atomic mass is 10.3. The molecule has 0 saturated heterocycles. The number of pyridine rings is 1. The van der Waals surface area contributed by atoms with Crippen LogP contribution in [0.25, 0.3) is 11.5 Å². The topological polar surface area (TPSA) is 82.1 Å². The Balaban J connectivity index is 2.52. The largest absolute Gasteiger partial charge is 0.493 e. The summed E-state index contributed by atoms with van der Waals surface area (Å²) in [5, 5.41) is 9.26. The monoisotopic (exact) mass is 232 g/mol. The van der Waals surface area contributed by atoms with Gasteiger partial charge in [0.05, 0.1) is 6.07 Å². The Morgan fingerprint density at radius 3 is 2.76 bits per heavy atom. The van der Waals surface area contributed by atoms with Gasteiger partial charge >= 0.3 is 0 Å². The zero-order valence-electron chi connectivity index (χ0n) is 9.51. The minimum absolute atomic E-state index is 0.249. The van der Waals surface area contributed by atoms with E-state index < -0.39 is 5.56 Å². The summed E-state index contributed by atoms with van der Waals surface area (Å²) in [4.78, 5) is 23.6. The average Bonchev–Trinajstić information content (AvgIpc) is 2.28. The summed E-state index contributed by atoms with van der Waals surface area (Å²) in [6.45, 7) is 0. The number of aromatic hydroxyl groups is 1. The van der Waals surface area contributed by atoms with Crippen molar-refractivity contribution in [2.45, 2.75) is 0 Å². The van der Waals surface area contributed by atoms with E-state index in [2.05, 4.69) is 15.0 Å². The molecule has 2 aromatic heterocycles. The van der Waals surface area contributed by atoms with E-state index in [1.54, 1.807) is 12.3 Å². The molecule has 0 atom stereocenters. The molecule has 0 fully saturated rings. The van der Waals surface area contributed by atoms with Crippen molar-refractivity contribution in [1.82, 2.24) is 15.0 Å². The molecule has 0 bridgehead atoms. The fourth-order valence-corrected chi connectivity index (χ4v) is 1.39. The summed E-state index contributed by atoms with van der Waals surface area (Å²) in [6, 6.07) is 4.63. The van der Waals surface area contributed by atoms with Crippen LogP contribution in [-0.2, 0) is 0 Å². The first-order valence-corrected chi connectivity index (χ1v) is 5.00. The van der Waals surface area contributed by atoms with E-state index in [1.165, 1.54) is 0 Å². The Morgan fingerprint density at radius 2 is 2.12 bits per heavy atom. The number of aromatic nitrogens is 3. The molecule has 0 unspecified atom stereocenters. The lowest BCUT2D eigenvalue weighted by Gasteiger charge is -2.12. The highest BCUT2D eigenvalue weighted by molar-refractivity contribution is 5.58. The molecule has 17 heavy (non-hydrogen) atoms. The van der Waals surface area contributed by atoms with Crippen LogP contribution in [0, 0.1) is 0 Å². The number of nitrogens with zero attached hydrogens (tertiary/aromatic N) is 3. The van der Waals surface area contributed by atoms with Crippen LogP contribution >= 0.6 is 0 Å². The third-order valence-electron chi connectivity index (χ3n) is 2.23. The predicted molar refractivity (Wildman–Crippen MR) is 64.1 cm³/mol. The summed E-state index contributed by atoms with van der Waals surface area (Å²) in [5.41, 5.74) is 1.02. The molecule has 2 aromatic rings. The van der Waals surface area contributed by atoms with Gasteiger partial charge in [-0.1, -0.05) is 0 Å². The predicted octanol–water partition coefficient (Wildman–Crippen LogP) is 0.603. The van der Waals surface area contributed by atoms with Crippen molar-refractivity contribution >= 4 is 5.69 Å². The highest BCUT2D eigenvalue weighted by Gasteiger charge is 2.06. The van der Waals surface area contributed by atoms with Crippen LogP contribution in [0.1, 0.15) is 0 Å². The Hall–Kier alpha value is -2.37. The van der Waals surface area contributed by atoms with Crippen molar-refractivity contribution in [2.24, 2.45) is 0 Å². The summed E-state index contributed by atoms with van der Waals surface area (Å²) < 4.78 is 0. The van der Waals surface area contributed by atoms with Gasteiger partial charge in [-0.25, -0.2) is 0 Å². The third-order valence-corrected chi connectivity index (χ3v) is 2.23.